The van der Waals surface area contributed by atoms with Crippen molar-refractivity contribution in [1.82, 2.24) is 0 Å². The Balaban J connectivity index is 2.64. The van der Waals surface area contributed by atoms with Crippen molar-refractivity contribution in [2.75, 3.05) is 17.3 Å². The van der Waals surface area contributed by atoms with Crippen LogP contribution in [0.25, 0.3) is 0 Å². The second-order valence-corrected chi connectivity index (χ2v) is 8.02. The van der Waals surface area contributed by atoms with Gasteiger partial charge < -0.3 is 5.11 Å². The zero-order valence-electron chi connectivity index (χ0n) is 10.5. The van der Waals surface area contributed by atoms with Crippen molar-refractivity contribution in [1.29, 1.82) is 0 Å². The molecule has 0 saturated heterocycles. The van der Waals surface area contributed by atoms with Crippen LogP contribution in [0.3, 0.4) is 0 Å². The lowest BCUT2D eigenvalue weighted by Crippen LogP contribution is -2.11. The van der Waals surface area contributed by atoms with Gasteiger partial charge in [0.2, 0.25) is 0 Å². The largest absolute Gasteiger partial charge is 0.478 e. The molecular weight excluding hydrogens is 288 g/mol. The number of rotatable bonds is 7. The maximum atomic E-state index is 11.9. The van der Waals surface area contributed by atoms with Gasteiger partial charge in [0, 0.05) is 16.4 Å². The van der Waals surface area contributed by atoms with E-state index in [-0.39, 0.29) is 22.8 Å². The van der Waals surface area contributed by atoms with Crippen molar-refractivity contribution in [2.45, 2.75) is 18.2 Å². The van der Waals surface area contributed by atoms with E-state index < -0.39 is 26.6 Å². The molecule has 106 valence electrons. The predicted molar refractivity (Wildman–Crippen MR) is 73.6 cm³/mol. The van der Waals surface area contributed by atoms with E-state index in [0.29, 0.717) is 11.3 Å². The van der Waals surface area contributed by atoms with Gasteiger partial charge >= 0.3 is 5.97 Å². The van der Waals surface area contributed by atoms with E-state index >= 15 is 0 Å². The Kier molecular flexibility index (Phi) is 5.68. The Bertz CT molecular complexity index is 578. The van der Waals surface area contributed by atoms with Gasteiger partial charge in [-0.3, -0.25) is 4.21 Å². The highest BCUT2D eigenvalue weighted by Gasteiger charge is 2.11. The molecule has 0 radical (unpaired) electrons. The molecule has 0 heterocycles. The number of carboxylic acid groups (broad SMARTS) is 1. The van der Waals surface area contributed by atoms with E-state index in [2.05, 4.69) is 0 Å². The minimum atomic E-state index is -3.05. The average Bonchev–Trinajstić information content (AvgIpc) is 2.38. The predicted octanol–water partition coefficient (Wildman–Crippen LogP) is 1.32. The van der Waals surface area contributed by atoms with Crippen LogP contribution in [0.15, 0.2) is 29.2 Å². The Morgan fingerprint density at radius 3 is 2.63 bits per heavy atom. The summed E-state index contributed by atoms with van der Waals surface area (Å²) in [7, 11) is -4.42. The Hall–Kier alpha value is -1.21. The van der Waals surface area contributed by atoms with Gasteiger partial charge in [-0.25, -0.2) is 13.2 Å². The first-order valence-electron chi connectivity index (χ1n) is 5.78. The van der Waals surface area contributed by atoms with Gasteiger partial charge in [0.05, 0.1) is 22.1 Å². The van der Waals surface area contributed by atoms with Crippen LogP contribution in [0.1, 0.15) is 23.7 Å². The molecule has 0 amide bonds. The molecule has 0 aliphatic rings. The molecule has 1 atom stereocenters. The van der Waals surface area contributed by atoms with Crippen molar-refractivity contribution < 1.29 is 22.5 Å². The molecule has 19 heavy (non-hydrogen) atoms. The normalized spacial score (nSPS) is 13.1. The molecule has 0 spiro atoms. The number of hydrogen-bond acceptors (Lipinski definition) is 4. The zero-order valence-corrected chi connectivity index (χ0v) is 12.2. The minimum absolute atomic E-state index is 0.00780. The number of sulfone groups is 1. The summed E-state index contributed by atoms with van der Waals surface area (Å²) in [6.45, 7) is 1.57. The van der Waals surface area contributed by atoms with Crippen LogP contribution in [0.2, 0.25) is 0 Å². The molecule has 5 nitrogen and oxygen atoms in total. The molecule has 7 heteroatoms. The molecule has 1 aromatic rings. The summed E-state index contributed by atoms with van der Waals surface area (Å²) in [6, 6.07) is 5.88. The van der Waals surface area contributed by atoms with E-state index in [0.717, 1.165) is 0 Å². The fraction of sp³-hybridized carbons (Fsp3) is 0.417. The second kappa shape index (κ2) is 6.81. The van der Waals surface area contributed by atoms with Crippen LogP contribution < -0.4 is 0 Å². The monoisotopic (exact) mass is 304 g/mol. The Morgan fingerprint density at radius 1 is 1.37 bits per heavy atom. The van der Waals surface area contributed by atoms with Gasteiger partial charge in [0.15, 0.2) is 0 Å². The number of aromatic carboxylic acids is 1. The van der Waals surface area contributed by atoms with Gasteiger partial charge in [-0.15, -0.1) is 0 Å². The topological polar surface area (TPSA) is 88.5 Å². The molecule has 0 saturated carbocycles. The summed E-state index contributed by atoms with van der Waals surface area (Å²) in [5.74, 6) is -0.781. The molecule has 0 aliphatic carbocycles. The average molecular weight is 304 g/mol. The second-order valence-electron chi connectivity index (χ2n) is 3.97. The van der Waals surface area contributed by atoms with E-state index in [1.807, 2.05) is 0 Å². The standard InChI is InChI=1S/C12H16O5S2/c1-2-19(16,17)8-4-7-18(15)11-6-3-5-10(9-11)12(13)14/h3,5-6,9H,2,4,7-8H2,1H3,(H,13,14). The molecule has 1 rings (SSSR count). The fourth-order valence-corrected chi connectivity index (χ4v) is 3.63. The highest BCUT2D eigenvalue weighted by atomic mass is 32.2. The molecule has 0 fully saturated rings. The molecule has 1 aromatic carbocycles. The highest BCUT2D eigenvalue weighted by Crippen LogP contribution is 2.11. The zero-order chi connectivity index (χ0) is 14.5. The van der Waals surface area contributed by atoms with Crippen LogP contribution in [0, 0.1) is 0 Å². The van der Waals surface area contributed by atoms with Crippen molar-refractivity contribution in [3.05, 3.63) is 29.8 Å². The van der Waals surface area contributed by atoms with Gasteiger partial charge in [0.25, 0.3) is 0 Å². The number of hydrogen-bond donors (Lipinski definition) is 1. The summed E-state index contributed by atoms with van der Waals surface area (Å²) in [5.41, 5.74) is 0.0760. The van der Waals surface area contributed by atoms with Crippen LogP contribution in [0.4, 0.5) is 0 Å². The first-order chi connectivity index (χ1) is 8.85. The summed E-state index contributed by atoms with van der Waals surface area (Å²) in [5, 5.41) is 8.83. The lowest BCUT2D eigenvalue weighted by atomic mass is 10.2. The third kappa shape index (κ3) is 5.12. The summed E-state index contributed by atoms with van der Waals surface area (Å²) in [6.07, 6.45) is 0.306. The maximum Gasteiger partial charge on any atom is 0.335 e. The van der Waals surface area contributed by atoms with Crippen LogP contribution in [-0.2, 0) is 20.6 Å². The van der Waals surface area contributed by atoms with E-state index in [1.54, 1.807) is 13.0 Å². The third-order valence-electron chi connectivity index (χ3n) is 2.57. The molecule has 1 N–H and O–H groups in total. The number of carboxylic acids is 1. The van der Waals surface area contributed by atoms with Crippen LogP contribution >= 0.6 is 0 Å². The van der Waals surface area contributed by atoms with Crippen molar-refractivity contribution in [2.24, 2.45) is 0 Å². The SMILES string of the molecule is CCS(=O)(=O)CCCS(=O)c1cccc(C(=O)O)c1. The van der Waals surface area contributed by atoms with E-state index in [9.17, 15) is 17.4 Å². The Morgan fingerprint density at radius 2 is 2.05 bits per heavy atom. The van der Waals surface area contributed by atoms with Crippen LogP contribution in [-0.4, -0.2) is 41.0 Å². The quantitative estimate of drug-likeness (QED) is 0.820. The number of benzene rings is 1. The third-order valence-corrected chi connectivity index (χ3v) is 5.80. The van der Waals surface area contributed by atoms with Crippen molar-refractivity contribution in [3.63, 3.8) is 0 Å². The summed E-state index contributed by atoms with van der Waals surface area (Å²) >= 11 is 0. The smallest absolute Gasteiger partial charge is 0.335 e. The first kappa shape index (κ1) is 15.8. The van der Waals surface area contributed by atoms with Crippen LogP contribution in [0.5, 0.6) is 0 Å². The Labute approximate surface area is 115 Å². The molecule has 1 unspecified atom stereocenters. The molecule has 0 bridgehead atoms. The molecule has 0 aromatic heterocycles. The van der Waals surface area contributed by atoms with Gasteiger partial charge in [-0.1, -0.05) is 13.0 Å². The minimum Gasteiger partial charge on any atom is -0.478 e. The van der Waals surface area contributed by atoms with Crippen molar-refractivity contribution in [3.8, 4) is 0 Å². The van der Waals surface area contributed by atoms with E-state index in [4.69, 9.17) is 5.11 Å². The maximum absolute atomic E-state index is 11.9. The lowest BCUT2D eigenvalue weighted by Gasteiger charge is -2.04. The lowest BCUT2D eigenvalue weighted by molar-refractivity contribution is 0.0696. The summed E-state index contributed by atoms with van der Waals surface area (Å²) < 4.78 is 34.5. The molecule has 0 aliphatic heterocycles. The highest BCUT2D eigenvalue weighted by molar-refractivity contribution is 7.91. The van der Waals surface area contributed by atoms with Gasteiger partial charge in [0.1, 0.15) is 9.84 Å². The summed E-state index contributed by atoms with van der Waals surface area (Å²) in [4.78, 5) is 11.2. The van der Waals surface area contributed by atoms with E-state index in [1.165, 1.54) is 18.2 Å². The first-order valence-corrected chi connectivity index (χ1v) is 8.92. The van der Waals surface area contributed by atoms with Gasteiger partial charge in [-0.2, -0.15) is 0 Å². The fourth-order valence-electron chi connectivity index (χ4n) is 1.44. The number of carbonyl (C=O) groups is 1. The van der Waals surface area contributed by atoms with Gasteiger partial charge in [-0.05, 0) is 24.6 Å². The van der Waals surface area contributed by atoms with Crippen molar-refractivity contribution >= 4 is 26.6 Å². The molecular formula is C12H16O5S2.